The molecule has 0 bridgehead atoms. The SMILES string of the molecule is Nc1cc(N2CC[C@H](N)C2)nc2c([N+](=O)[O-])cnn12. The molecule has 0 aromatic carbocycles. The highest BCUT2D eigenvalue weighted by Crippen LogP contribution is 2.25. The molecular formula is C10H13N7O2. The molecule has 0 unspecified atom stereocenters. The molecule has 19 heavy (non-hydrogen) atoms. The molecular weight excluding hydrogens is 250 g/mol. The summed E-state index contributed by atoms with van der Waals surface area (Å²) in [6.45, 7) is 1.44. The third kappa shape index (κ3) is 1.83. The average molecular weight is 263 g/mol. The zero-order chi connectivity index (χ0) is 13.6. The van der Waals surface area contributed by atoms with Crippen molar-refractivity contribution in [1.82, 2.24) is 14.6 Å². The van der Waals surface area contributed by atoms with Gasteiger partial charge in [0, 0.05) is 25.2 Å². The van der Waals surface area contributed by atoms with E-state index in [0.717, 1.165) is 19.2 Å². The third-order valence-electron chi connectivity index (χ3n) is 3.21. The number of nitrogens with two attached hydrogens (primary N) is 2. The minimum atomic E-state index is -0.520. The van der Waals surface area contributed by atoms with Gasteiger partial charge in [0.25, 0.3) is 0 Å². The molecule has 1 aliphatic rings. The fraction of sp³-hybridized carbons (Fsp3) is 0.400. The summed E-state index contributed by atoms with van der Waals surface area (Å²) in [6, 6.07) is 1.75. The first-order chi connectivity index (χ1) is 9.06. The van der Waals surface area contributed by atoms with Gasteiger partial charge in [0.2, 0.25) is 5.65 Å². The van der Waals surface area contributed by atoms with Crippen LogP contribution in [0.15, 0.2) is 12.3 Å². The molecule has 2 aromatic rings. The number of rotatable bonds is 2. The molecule has 0 amide bonds. The van der Waals surface area contributed by atoms with Gasteiger partial charge in [0.1, 0.15) is 17.8 Å². The van der Waals surface area contributed by atoms with Crippen molar-refractivity contribution in [3.63, 3.8) is 0 Å². The van der Waals surface area contributed by atoms with Gasteiger partial charge in [0.15, 0.2) is 0 Å². The number of fused-ring (bicyclic) bond motifs is 1. The van der Waals surface area contributed by atoms with Crippen LogP contribution in [0.3, 0.4) is 0 Å². The van der Waals surface area contributed by atoms with E-state index in [4.69, 9.17) is 11.5 Å². The molecule has 3 heterocycles. The molecule has 1 aliphatic heterocycles. The maximum Gasteiger partial charge on any atom is 0.333 e. The molecule has 3 rings (SSSR count). The molecule has 0 spiro atoms. The number of nitrogens with zero attached hydrogens (tertiary/aromatic N) is 5. The summed E-state index contributed by atoms with van der Waals surface area (Å²) in [6.07, 6.45) is 2.02. The number of hydrogen-bond acceptors (Lipinski definition) is 7. The zero-order valence-corrected chi connectivity index (χ0v) is 10.1. The first kappa shape index (κ1) is 11.7. The lowest BCUT2D eigenvalue weighted by molar-refractivity contribution is -0.383. The van der Waals surface area contributed by atoms with Crippen LogP contribution < -0.4 is 16.4 Å². The highest BCUT2D eigenvalue weighted by Gasteiger charge is 2.24. The van der Waals surface area contributed by atoms with Crippen molar-refractivity contribution in [2.24, 2.45) is 5.73 Å². The Balaban J connectivity index is 2.11. The Kier molecular flexibility index (Phi) is 2.49. The van der Waals surface area contributed by atoms with E-state index < -0.39 is 4.92 Å². The predicted octanol–water partition coefficient (Wildman–Crippen LogP) is -0.243. The Hall–Kier alpha value is -2.42. The number of aromatic nitrogens is 3. The standard InChI is InChI=1S/C10H13N7O2/c11-6-1-2-15(5-6)9-3-8(12)16-10(14-9)7(4-13-16)17(18)19/h3-4,6H,1-2,5,11-12H2/t6-/m0/s1. The van der Waals surface area contributed by atoms with Crippen LogP contribution in [0.25, 0.3) is 5.65 Å². The second-order valence-corrected chi connectivity index (χ2v) is 4.56. The first-order valence-electron chi connectivity index (χ1n) is 5.85. The van der Waals surface area contributed by atoms with E-state index in [1.165, 1.54) is 4.52 Å². The van der Waals surface area contributed by atoms with Crippen LogP contribution >= 0.6 is 0 Å². The summed E-state index contributed by atoms with van der Waals surface area (Å²) in [5.74, 6) is 0.912. The molecule has 0 saturated carbocycles. The van der Waals surface area contributed by atoms with Crippen LogP contribution in [0.4, 0.5) is 17.3 Å². The summed E-state index contributed by atoms with van der Waals surface area (Å²) < 4.78 is 1.26. The Bertz CT molecular complexity index is 653. The van der Waals surface area contributed by atoms with Crippen LogP contribution in [0.2, 0.25) is 0 Å². The highest BCUT2D eigenvalue weighted by molar-refractivity contribution is 5.65. The number of nitrogen functional groups attached to an aromatic ring is 1. The monoisotopic (exact) mass is 263 g/mol. The van der Waals surface area contributed by atoms with Gasteiger partial charge in [-0.15, -0.1) is 0 Å². The topological polar surface area (TPSA) is 129 Å². The van der Waals surface area contributed by atoms with Crippen molar-refractivity contribution in [2.45, 2.75) is 12.5 Å². The summed E-state index contributed by atoms with van der Waals surface area (Å²) in [7, 11) is 0. The Morgan fingerprint density at radius 1 is 1.53 bits per heavy atom. The number of nitro groups is 1. The van der Waals surface area contributed by atoms with Gasteiger partial charge in [-0.3, -0.25) is 10.1 Å². The van der Waals surface area contributed by atoms with Crippen molar-refractivity contribution in [1.29, 1.82) is 0 Å². The van der Waals surface area contributed by atoms with E-state index in [2.05, 4.69) is 10.1 Å². The van der Waals surface area contributed by atoms with E-state index in [1.54, 1.807) is 6.07 Å². The molecule has 100 valence electrons. The molecule has 1 fully saturated rings. The van der Waals surface area contributed by atoms with Gasteiger partial charge >= 0.3 is 5.69 Å². The van der Waals surface area contributed by atoms with Crippen molar-refractivity contribution in [3.8, 4) is 0 Å². The average Bonchev–Trinajstić information content (AvgIpc) is 2.94. The quantitative estimate of drug-likeness (QED) is 0.564. The smallest absolute Gasteiger partial charge is 0.333 e. The van der Waals surface area contributed by atoms with Crippen LogP contribution in [-0.2, 0) is 0 Å². The Morgan fingerprint density at radius 3 is 2.95 bits per heavy atom. The van der Waals surface area contributed by atoms with E-state index in [-0.39, 0.29) is 17.4 Å². The summed E-state index contributed by atoms with van der Waals surface area (Å²) in [5.41, 5.74) is 11.7. The van der Waals surface area contributed by atoms with Gasteiger partial charge in [-0.25, -0.2) is 4.98 Å². The van der Waals surface area contributed by atoms with Crippen LogP contribution in [-0.4, -0.2) is 38.7 Å². The second-order valence-electron chi connectivity index (χ2n) is 4.56. The molecule has 1 atom stereocenters. The molecule has 0 aliphatic carbocycles. The largest absolute Gasteiger partial charge is 0.383 e. The lowest BCUT2D eigenvalue weighted by Gasteiger charge is -2.17. The maximum atomic E-state index is 10.9. The van der Waals surface area contributed by atoms with Gasteiger partial charge in [-0.05, 0) is 6.42 Å². The highest BCUT2D eigenvalue weighted by atomic mass is 16.6. The molecule has 9 heteroatoms. The first-order valence-corrected chi connectivity index (χ1v) is 5.85. The minimum Gasteiger partial charge on any atom is -0.383 e. The normalized spacial score (nSPS) is 19.2. The molecule has 4 N–H and O–H groups in total. The Labute approximate surface area is 108 Å². The lowest BCUT2D eigenvalue weighted by atomic mass is 10.3. The summed E-state index contributed by atoms with van der Waals surface area (Å²) in [4.78, 5) is 16.6. The van der Waals surface area contributed by atoms with Gasteiger partial charge in [0.05, 0.1) is 4.92 Å². The van der Waals surface area contributed by atoms with Crippen molar-refractivity contribution in [3.05, 3.63) is 22.4 Å². The van der Waals surface area contributed by atoms with Gasteiger partial charge < -0.3 is 16.4 Å². The van der Waals surface area contributed by atoms with E-state index in [1.807, 2.05) is 4.90 Å². The van der Waals surface area contributed by atoms with E-state index in [9.17, 15) is 10.1 Å². The molecule has 2 aromatic heterocycles. The fourth-order valence-electron chi connectivity index (χ4n) is 2.25. The lowest BCUT2D eigenvalue weighted by Crippen LogP contribution is -2.27. The second kappa shape index (κ2) is 4.05. The zero-order valence-electron chi connectivity index (χ0n) is 10.1. The maximum absolute atomic E-state index is 10.9. The molecule has 9 nitrogen and oxygen atoms in total. The van der Waals surface area contributed by atoms with Gasteiger partial charge in [-0.1, -0.05) is 0 Å². The fourth-order valence-corrected chi connectivity index (χ4v) is 2.25. The van der Waals surface area contributed by atoms with Crippen LogP contribution in [0.1, 0.15) is 6.42 Å². The number of anilines is 2. The van der Waals surface area contributed by atoms with E-state index >= 15 is 0 Å². The predicted molar refractivity (Wildman–Crippen MR) is 68.9 cm³/mol. The van der Waals surface area contributed by atoms with E-state index in [0.29, 0.717) is 18.2 Å². The molecule has 0 radical (unpaired) electrons. The van der Waals surface area contributed by atoms with Crippen LogP contribution in [0, 0.1) is 10.1 Å². The molecule has 1 saturated heterocycles. The van der Waals surface area contributed by atoms with Gasteiger partial charge in [-0.2, -0.15) is 9.61 Å². The minimum absolute atomic E-state index is 0.0964. The third-order valence-corrected chi connectivity index (χ3v) is 3.21. The van der Waals surface area contributed by atoms with Crippen molar-refractivity contribution < 1.29 is 4.92 Å². The Morgan fingerprint density at radius 2 is 2.32 bits per heavy atom. The summed E-state index contributed by atoms with van der Waals surface area (Å²) >= 11 is 0. The van der Waals surface area contributed by atoms with Crippen molar-refractivity contribution in [2.75, 3.05) is 23.7 Å². The number of hydrogen-bond donors (Lipinski definition) is 2. The van der Waals surface area contributed by atoms with Crippen molar-refractivity contribution >= 4 is 23.0 Å². The summed E-state index contributed by atoms with van der Waals surface area (Å²) in [5, 5.41) is 14.8. The van der Waals surface area contributed by atoms with Crippen LogP contribution in [0.5, 0.6) is 0 Å².